The first-order valence-corrected chi connectivity index (χ1v) is 24.6. The fraction of sp³-hybridized carbons (Fsp3) is 0.0455. The Morgan fingerprint density at radius 3 is 1.68 bits per heavy atom. The summed E-state index contributed by atoms with van der Waals surface area (Å²) >= 11 is 0. The second kappa shape index (κ2) is 15.3. The molecule has 0 atom stereocenters. The third-order valence-corrected chi connectivity index (χ3v) is 15.2. The number of aromatic nitrogens is 5. The van der Waals surface area contributed by atoms with E-state index >= 15 is 0 Å². The first-order valence-electron chi connectivity index (χ1n) is 24.6. The minimum atomic E-state index is -0.192. The molecule has 0 unspecified atom stereocenters. The second-order valence-electron chi connectivity index (χ2n) is 19.6. The molecular formula is C66H43N5O. The lowest BCUT2D eigenvalue weighted by molar-refractivity contribution is 0.661. The minimum absolute atomic E-state index is 0.192. The Labute approximate surface area is 414 Å². The number of fused-ring (bicyclic) bond motifs is 12. The van der Waals surface area contributed by atoms with Crippen molar-refractivity contribution in [3.05, 3.63) is 236 Å². The van der Waals surface area contributed by atoms with E-state index in [4.69, 9.17) is 19.4 Å². The summed E-state index contributed by atoms with van der Waals surface area (Å²) in [7, 11) is 0. The van der Waals surface area contributed by atoms with Crippen molar-refractivity contribution in [2.75, 3.05) is 0 Å². The molecule has 10 aromatic carbocycles. The van der Waals surface area contributed by atoms with E-state index in [9.17, 15) is 0 Å². The summed E-state index contributed by atoms with van der Waals surface area (Å²) in [4.78, 5) is 15.7. The summed E-state index contributed by atoms with van der Waals surface area (Å²) in [6.45, 7) is 4.69. The van der Waals surface area contributed by atoms with Gasteiger partial charge in [-0.05, 0) is 117 Å². The van der Waals surface area contributed by atoms with Crippen LogP contribution in [-0.2, 0) is 5.41 Å². The molecule has 4 aromatic heterocycles. The van der Waals surface area contributed by atoms with Gasteiger partial charge in [0.2, 0.25) is 5.95 Å². The van der Waals surface area contributed by atoms with Crippen LogP contribution < -0.4 is 0 Å². The average molecular weight is 922 g/mol. The number of nitrogens with zero attached hydrogens (tertiary/aromatic N) is 5. The lowest BCUT2D eigenvalue weighted by Gasteiger charge is -2.21. The van der Waals surface area contributed by atoms with Crippen LogP contribution in [0.25, 0.3) is 133 Å². The van der Waals surface area contributed by atoms with Crippen molar-refractivity contribution in [3.63, 3.8) is 0 Å². The van der Waals surface area contributed by atoms with Crippen LogP contribution in [0.5, 0.6) is 0 Å². The summed E-state index contributed by atoms with van der Waals surface area (Å²) in [6, 6.07) is 80.1. The Kier molecular flexibility index (Phi) is 8.61. The monoisotopic (exact) mass is 921 g/mol. The first-order chi connectivity index (χ1) is 35.4. The van der Waals surface area contributed by atoms with Gasteiger partial charge in [-0.15, -0.1) is 0 Å². The van der Waals surface area contributed by atoms with Crippen LogP contribution in [-0.4, -0.2) is 24.1 Å². The molecule has 0 saturated heterocycles. The molecule has 15 rings (SSSR count). The van der Waals surface area contributed by atoms with E-state index in [2.05, 4.69) is 211 Å². The average Bonchev–Trinajstić information content (AvgIpc) is 4.15. The Bertz CT molecular complexity index is 4470. The molecule has 1 aliphatic carbocycles. The van der Waals surface area contributed by atoms with Crippen molar-refractivity contribution in [3.8, 4) is 67.8 Å². The van der Waals surface area contributed by atoms with E-state index < -0.39 is 0 Å². The maximum absolute atomic E-state index is 6.67. The van der Waals surface area contributed by atoms with Crippen molar-refractivity contribution in [1.29, 1.82) is 0 Å². The van der Waals surface area contributed by atoms with Gasteiger partial charge in [-0.1, -0.05) is 166 Å². The van der Waals surface area contributed by atoms with Crippen molar-refractivity contribution in [1.82, 2.24) is 24.1 Å². The summed E-state index contributed by atoms with van der Waals surface area (Å²) in [5.41, 5.74) is 18.6. The Morgan fingerprint density at radius 2 is 0.917 bits per heavy atom. The Balaban J connectivity index is 0.939. The predicted molar refractivity (Wildman–Crippen MR) is 295 cm³/mol. The molecule has 6 nitrogen and oxygen atoms in total. The standard InChI is InChI=1S/C66H43N5O/c1-66(2)54-26-14-12-23-47(54)49-39-59-52(38-55(49)66)51-37-44(30-33-58(51)71(59)65-68-63(40-17-6-3-7-18-40)67-64(69-65)41-19-8-4-9-20-41)46-25-16-28-61-62(46)53-36-43(31-34-60(53)72-61)42-29-32-57-50(35-42)48-24-13-15-27-56(48)70(57)45-21-10-5-11-22-45/h3-39H,1-2H3. The molecule has 0 N–H and O–H groups in total. The fourth-order valence-corrected chi connectivity index (χ4v) is 11.7. The molecule has 14 aromatic rings. The molecule has 72 heavy (non-hydrogen) atoms. The molecule has 0 aliphatic heterocycles. The van der Waals surface area contributed by atoms with Gasteiger partial charge in [0, 0.05) is 54.5 Å². The molecule has 0 fully saturated rings. The van der Waals surface area contributed by atoms with Gasteiger partial charge in [0.1, 0.15) is 11.2 Å². The summed E-state index contributed by atoms with van der Waals surface area (Å²) in [6.07, 6.45) is 0. The third-order valence-electron chi connectivity index (χ3n) is 15.2. The topological polar surface area (TPSA) is 61.7 Å². The Hall–Kier alpha value is -9.39. The van der Waals surface area contributed by atoms with Gasteiger partial charge < -0.3 is 8.98 Å². The van der Waals surface area contributed by atoms with Gasteiger partial charge in [0.25, 0.3) is 0 Å². The number of rotatable bonds is 6. The van der Waals surface area contributed by atoms with E-state index in [1.54, 1.807) is 0 Å². The van der Waals surface area contributed by atoms with E-state index in [0.717, 1.165) is 82.8 Å². The van der Waals surface area contributed by atoms with Crippen LogP contribution in [0.15, 0.2) is 229 Å². The van der Waals surface area contributed by atoms with E-state index in [1.165, 1.54) is 44.1 Å². The molecule has 0 saturated carbocycles. The van der Waals surface area contributed by atoms with Crippen LogP contribution in [0.3, 0.4) is 0 Å². The van der Waals surface area contributed by atoms with Crippen molar-refractivity contribution in [2.24, 2.45) is 0 Å². The maximum Gasteiger partial charge on any atom is 0.238 e. The highest BCUT2D eigenvalue weighted by molar-refractivity contribution is 6.17. The third kappa shape index (κ3) is 5.99. The second-order valence-corrected chi connectivity index (χ2v) is 19.6. The molecule has 1 aliphatic rings. The van der Waals surface area contributed by atoms with Crippen LogP contribution in [0.1, 0.15) is 25.0 Å². The summed E-state index contributed by atoms with van der Waals surface area (Å²) in [5, 5.41) is 6.89. The van der Waals surface area contributed by atoms with Crippen molar-refractivity contribution >= 4 is 65.6 Å². The molecular weight excluding hydrogens is 879 g/mol. The molecule has 0 amide bonds. The highest BCUT2D eigenvalue weighted by atomic mass is 16.3. The molecule has 338 valence electrons. The molecule has 4 heterocycles. The van der Waals surface area contributed by atoms with Crippen LogP contribution in [0.2, 0.25) is 0 Å². The smallest absolute Gasteiger partial charge is 0.238 e. The van der Waals surface area contributed by atoms with Crippen molar-refractivity contribution < 1.29 is 4.42 Å². The maximum atomic E-state index is 6.67. The highest BCUT2D eigenvalue weighted by Gasteiger charge is 2.36. The largest absolute Gasteiger partial charge is 0.456 e. The summed E-state index contributed by atoms with van der Waals surface area (Å²) in [5.74, 6) is 1.81. The number of furan rings is 1. The van der Waals surface area contributed by atoms with Crippen LogP contribution in [0.4, 0.5) is 0 Å². The minimum Gasteiger partial charge on any atom is -0.456 e. The number of hydrogen-bond donors (Lipinski definition) is 0. The zero-order valence-corrected chi connectivity index (χ0v) is 39.5. The van der Waals surface area contributed by atoms with E-state index in [-0.39, 0.29) is 5.41 Å². The molecule has 0 radical (unpaired) electrons. The van der Waals surface area contributed by atoms with E-state index in [0.29, 0.717) is 17.6 Å². The quantitative estimate of drug-likeness (QED) is 0.167. The Morgan fingerprint density at radius 1 is 0.347 bits per heavy atom. The SMILES string of the molecule is CC1(C)c2ccccc2-c2cc3c(cc21)c1cc(-c2cccc4oc5ccc(-c6ccc7c(c6)c6ccccc6n7-c6ccccc6)cc5c24)ccc1n3-c1nc(-c2ccccc2)nc(-c2ccccc2)n1. The van der Waals surface area contributed by atoms with Gasteiger partial charge in [0.15, 0.2) is 11.6 Å². The summed E-state index contributed by atoms with van der Waals surface area (Å²) < 4.78 is 11.3. The lowest BCUT2D eigenvalue weighted by Crippen LogP contribution is -2.14. The van der Waals surface area contributed by atoms with Gasteiger partial charge >= 0.3 is 0 Å². The van der Waals surface area contributed by atoms with Crippen LogP contribution in [0, 0.1) is 0 Å². The fourth-order valence-electron chi connectivity index (χ4n) is 11.7. The first kappa shape index (κ1) is 40.5. The molecule has 0 bridgehead atoms. The molecule has 6 heteroatoms. The zero-order valence-electron chi connectivity index (χ0n) is 39.5. The highest BCUT2D eigenvalue weighted by Crippen LogP contribution is 2.51. The predicted octanol–water partition coefficient (Wildman–Crippen LogP) is 16.9. The van der Waals surface area contributed by atoms with E-state index in [1.807, 2.05) is 36.4 Å². The zero-order chi connectivity index (χ0) is 47.7. The normalized spacial score (nSPS) is 13.0. The van der Waals surface area contributed by atoms with Gasteiger partial charge in [-0.2, -0.15) is 9.97 Å². The van der Waals surface area contributed by atoms with Crippen molar-refractivity contribution in [2.45, 2.75) is 19.3 Å². The number of para-hydroxylation sites is 2. The number of benzene rings is 10. The van der Waals surface area contributed by atoms with Gasteiger partial charge in [-0.3, -0.25) is 4.57 Å². The van der Waals surface area contributed by atoms with Gasteiger partial charge in [-0.25, -0.2) is 4.98 Å². The molecule has 0 spiro atoms. The lowest BCUT2D eigenvalue weighted by atomic mass is 9.82. The van der Waals surface area contributed by atoms with Crippen LogP contribution >= 0.6 is 0 Å². The number of hydrogen-bond acceptors (Lipinski definition) is 4. The van der Waals surface area contributed by atoms with Gasteiger partial charge in [0.05, 0.1) is 22.1 Å².